The Labute approximate surface area is 180 Å². The fraction of sp³-hybridized carbons (Fsp3) is 0.174. The smallest absolute Gasteiger partial charge is 0.286 e. The van der Waals surface area contributed by atoms with Crippen LogP contribution in [0.5, 0.6) is 0 Å². The highest BCUT2D eigenvalue weighted by atomic mass is 32.2. The van der Waals surface area contributed by atoms with Gasteiger partial charge in [-0.25, -0.2) is 4.68 Å². The van der Waals surface area contributed by atoms with E-state index in [9.17, 15) is 9.59 Å². The number of anilines is 1. The quantitative estimate of drug-likeness (QED) is 0.470. The molecule has 1 heterocycles. The first-order chi connectivity index (χ1) is 14.4. The Kier molecular flexibility index (Phi) is 6.74. The van der Waals surface area contributed by atoms with Gasteiger partial charge in [0.15, 0.2) is 0 Å². The zero-order chi connectivity index (χ0) is 21.7. The SMILES string of the molecule is Cc1nn(-c2ccccc2)c(C)c1/C=C/C(=O)Nc1ccccc1SC(=O)N(C)C. The largest absolute Gasteiger partial charge is 0.339 e. The second-order valence-corrected chi connectivity index (χ2v) is 7.91. The van der Waals surface area contributed by atoms with Gasteiger partial charge in [0.2, 0.25) is 5.91 Å². The summed E-state index contributed by atoms with van der Waals surface area (Å²) in [5.74, 6) is -0.272. The van der Waals surface area contributed by atoms with Gasteiger partial charge in [0.05, 0.1) is 17.1 Å². The lowest BCUT2D eigenvalue weighted by Gasteiger charge is -2.12. The van der Waals surface area contributed by atoms with Gasteiger partial charge in [-0.1, -0.05) is 30.3 Å². The summed E-state index contributed by atoms with van der Waals surface area (Å²) in [7, 11) is 3.39. The van der Waals surface area contributed by atoms with Gasteiger partial charge in [0.25, 0.3) is 5.24 Å². The van der Waals surface area contributed by atoms with Crippen LogP contribution in [0.4, 0.5) is 10.5 Å². The predicted molar refractivity (Wildman–Crippen MR) is 122 cm³/mol. The van der Waals surface area contributed by atoms with Gasteiger partial charge in [-0.05, 0) is 56.0 Å². The minimum absolute atomic E-state index is 0.105. The van der Waals surface area contributed by atoms with E-state index in [0.717, 1.165) is 34.4 Å². The molecule has 30 heavy (non-hydrogen) atoms. The van der Waals surface area contributed by atoms with Crippen LogP contribution in [0.1, 0.15) is 17.0 Å². The van der Waals surface area contributed by atoms with Gasteiger partial charge in [0.1, 0.15) is 0 Å². The normalized spacial score (nSPS) is 10.9. The number of aromatic nitrogens is 2. The van der Waals surface area contributed by atoms with Crippen LogP contribution in [0.2, 0.25) is 0 Å². The molecule has 0 radical (unpaired) electrons. The molecule has 154 valence electrons. The van der Waals surface area contributed by atoms with E-state index >= 15 is 0 Å². The molecule has 3 aromatic rings. The number of hydrogen-bond acceptors (Lipinski definition) is 4. The lowest BCUT2D eigenvalue weighted by molar-refractivity contribution is -0.111. The molecule has 1 aromatic heterocycles. The molecule has 0 saturated carbocycles. The molecule has 2 aromatic carbocycles. The summed E-state index contributed by atoms with van der Waals surface area (Å²) in [5.41, 5.74) is 4.27. The topological polar surface area (TPSA) is 67.2 Å². The van der Waals surface area contributed by atoms with Crippen molar-refractivity contribution in [3.63, 3.8) is 0 Å². The molecular weight excluding hydrogens is 396 g/mol. The number of amides is 2. The second-order valence-electron chi connectivity index (χ2n) is 6.91. The number of hydrogen-bond donors (Lipinski definition) is 1. The zero-order valence-corrected chi connectivity index (χ0v) is 18.2. The number of carbonyl (C=O) groups is 2. The Balaban J connectivity index is 1.77. The molecule has 0 spiro atoms. The minimum Gasteiger partial charge on any atom is -0.339 e. The van der Waals surface area contributed by atoms with Crippen molar-refractivity contribution >= 4 is 34.7 Å². The van der Waals surface area contributed by atoms with E-state index in [1.807, 2.05) is 67.1 Å². The van der Waals surface area contributed by atoms with Gasteiger partial charge in [0, 0.05) is 36.3 Å². The number of para-hydroxylation sites is 2. The Morgan fingerprint density at radius 1 is 1.03 bits per heavy atom. The van der Waals surface area contributed by atoms with Crippen molar-refractivity contribution in [1.82, 2.24) is 14.7 Å². The van der Waals surface area contributed by atoms with Crippen LogP contribution in [0, 0.1) is 13.8 Å². The average molecular weight is 421 g/mol. The Morgan fingerprint density at radius 2 is 1.70 bits per heavy atom. The highest BCUT2D eigenvalue weighted by molar-refractivity contribution is 8.13. The standard InChI is InChI=1S/C23H24N4O2S/c1-16-19(17(2)27(25-16)18-10-6-5-7-11-18)14-15-22(28)24-20-12-8-9-13-21(20)30-23(29)26(3)4/h5-15H,1-4H3,(H,24,28)/b15-14+. The Hall–Kier alpha value is -3.32. The molecule has 3 rings (SSSR count). The zero-order valence-electron chi connectivity index (χ0n) is 17.4. The van der Waals surface area contributed by atoms with E-state index in [-0.39, 0.29) is 11.1 Å². The summed E-state index contributed by atoms with van der Waals surface area (Å²) in [5, 5.41) is 7.35. The van der Waals surface area contributed by atoms with E-state index in [2.05, 4.69) is 10.4 Å². The molecule has 0 saturated heterocycles. The van der Waals surface area contributed by atoms with Crippen molar-refractivity contribution < 1.29 is 9.59 Å². The summed E-state index contributed by atoms with van der Waals surface area (Å²) in [4.78, 5) is 26.7. The Morgan fingerprint density at radius 3 is 2.40 bits per heavy atom. The lowest BCUT2D eigenvalue weighted by atomic mass is 10.2. The minimum atomic E-state index is -0.272. The van der Waals surface area contributed by atoms with Crippen LogP contribution in [-0.4, -0.2) is 39.9 Å². The van der Waals surface area contributed by atoms with Crippen LogP contribution >= 0.6 is 11.8 Å². The fourth-order valence-corrected chi connectivity index (χ4v) is 3.64. The van der Waals surface area contributed by atoms with Gasteiger partial charge < -0.3 is 10.2 Å². The number of rotatable bonds is 5. The molecule has 1 N–H and O–H groups in total. The van der Waals surface area contributed by atoms with E-state index < -0.39 is 0 Å². The molecule has 7 heteroatoms. The van der Waals surface area contributed by atoms with Crippen molar-refractivity contribution in [2.24, 2.45) is 0 Å². The molecule has 0 atom stereocenters. The summed E-state index contributed by atoms with van der Waals surface area (Å²) >= 11 is 1.08. The summed E-state index contributed by atoms with van der Waals surface area (Å²) in [6, 6.07) is 17.1. The summed E-state index contributed by atoms with van der Waals surface area (Å²) in [6.07, 6.45) is 3.26. The van der Waals surface area contributed by atoms with Crippen LogP contribution < -0.4 is 5.32 Å². The predicted octanol–water partition coefficient (Wildman–Crippen LogP) is 4.91. The third-order valence-electron chi connectivity index (χ3n) is 4.46. The molecule has 0 aliphatic heterocycles. The molecule has 0 fully saturated rings. The summed E-state index contributed by atoms with van der Waals surface area (Å²) < 4.78 is 1.87. The number of thioether (sulfide) groups is 1. The number of nitrogens with one attached hydrogen (secondary N) is 1. The maximum atomic E-state index is 12.5. The van der Waals surface area contributed by atoms with Crippen molar-refractivity contribution in [3.05, 3.63) is 77.6 Å². The number of nitrogens with zero attached hydrogens (tertiary/aromatic N) is 3. The van der Waals surface area contributed by atoms with Crippen LogP contribution in [-0.2, 0) is 4.79 Å². The van der Waals surface area contributed by atoms with Crippen LogP contribution in [0.3, 0.4) is 0 Å². The fourth-order valence-electron chi connectivity index (χ4n) is 2.89. The van der Waals surface area contributed by atoms with Gasteiger partial charge >= 0.3 is 0 Å². The first-order valence-electron chi connectivity index (χ1n) is 9.45. The van der Waals surface area contributed by atoms with Crippen molar-refractivity contribution in [1.29, 1.82) is 0 Å². The molecule has 2 amide bonds. The number of carbonyl (C=O) groups excluding carboxylic acids is 2. The lowest BCUT2D eigenvalue weighted by Crippen LogP contribution is -2.16. The first kappa shape index (κ1) is 21.4. The molecule has 0 bridgehead atoms. The first-order valence-corrected chi connectivity index (χ1v) is 10.3. The monoisotopic (exact) mass is 420 g/mol. The highest BCUT2D eigenvalue weighted by Crippen LogP contribution is 2.28. The van der Waals surface area contributed by atoms with Crippen LogP contribution in [0.25, 0.3) is 11.8 Å². The molecule has 0 aliphatic rings. The van der Waals surface area contributed by atoms with E-state index in [0.29, 0.717) is 10.6 Å². The second kappa shape index (κ2) is 9.45. The molecular formula is C23H24N4O2S. The average Bonchev–Trinajstić information content (AvgIpc) is 3.02. The molecule has 0 unspecified atom stereocenters. The number of aryl methyl sites for hydroxylation is 1. The van der Waals surface area contributed by atoms with Crippen LogP contribution in [0.15, 0.2) is 65.6 Å². The van der Waals surface area contributed by atoms with Crippen molar-refractivity contribution in [2.75, 3.05) is 19.4 Å². The molecule has 6 nitrogen and oxygen atoms in total. The van der Waals surface area contributed by atoms with Gasteiger partial charge in [-0.2, -0.15) is 5.10 Å². The van der Waals surface area contributed by atoms with Crippen molar-refractivity contribution in [2.45, 2.75) is 18.7 Å². The third kappa shape index (κ3) is 4.99. The summed E-state index contributed by atoms with van der Waals surface area (Å²) in [6.45, 7) is 3.90. The van der Waals surface area contributed by atoms with Crippen molar-refractivity contribution in [3.8, 4) is 5.69 Å². The van der Waals surface area contributed by atoms with E-state index in [1.54, 1.807) is 26.2 Å². The van der Waals surface area contributed by atoms with Gasteiger partial charge in [-0.3, -0.25) is 9.59 Å². The van der Waals surface area contributed by atoms with E-state index in [1.165, 1.54) is 11.0 Å². The maximum absolute atomic E-state index is 12.5. The maximum Gasteiger partial charge on any atom is 0.286 e. The highest BCUT2D eigenvalue weighted by Gasteiger charge is 2.13. The van der Waals surface area contributed by atoms with E-state index in [4.69, 9.17) is 0 Å². The third-order valence-corrected chi connectivity index (χ3v) is 5.57. The Bertz CT molecular complexity index is 1090. The number of benzene rings is 2. The molecule has 0 aliphatic carbocycles. The van der Waals surface area contributed by atoms with Gasteiger partial charge in [-0.15, -0.1) is 0 Å².